The highest BCUT2D eigenvalue weighted by Crippen LogP contribution is 2.21. The highest BCUT2D eigenvalue weighted by Gasteiger charge is 2.16. The molecule has 1 nitrogen and oxygen atoms in total. The average molecular weight is 296 g/mol. The second-order valence-electron chi connectivity index (χ2n) is 7.10. The lowest BCUT2D eigenvalue weighted by Gasteiger charge is -2.31. The van der Waals surface area contributed by atoms with Crippen LogP contribution in [0.1, 0.15) is 110 Å². The van der Waals surface area contributed by atoms with Gasteiger partial charge in [-0.3, -0.25) is 0 Å². The SMILES string of the molecule is CCCCCCCCN(CC)C1CCCCCCCCC1. The van der Waals surface area contributed by atoms with Crippen molar-refractivity contribution in [1.29, 1.82) is 0 Å². The lowest BCUT2D eigenvalue weighted by molar-refractivity contribution is 0.173. The van der Waals surface area contributed by atoms with Crippen LogP contribution in [0.2, 0.25) is 0 Å². The Hall–Kier alpha value is -0.0400. The molecule has 0 heterocycles. The van der Waals surface area contributed by atoms with Gasteiger partial charge in [0, 0.05) is 6.04 Å². The molecule has 21 heavy (non-hydrogen) atoms. The van der Waals surface area contributed by atoms with Crippen molar-refractivity contribution < 1.29 is 0 Å². The van der Waals surface area contributed by atoms with Gasteiger partial charge in [-0.05, 0) is 32.4 Å². The third-order valence-corrected chi connectivity index (χ3v) is 5.30. The summed E-state index contributed by atoms with van der Waals surface area (Å²) in [6.07, 6.45) is 21.8. The molecule has 1 heteroatoms. The van der Waals surface area contributed by atoms with E-state index in [4.69, 9.17) is 0 Å². The minimum absolute atomic E-state index is 0.892. The minimum atomic E-state index is 0.892. The van der Waals surface area contributed by atoms with Crippen molar-refractivity contribution in [2.75, 3.05) is 13.1 Å². The van der Waals surface area contributed by atoms with Gasteiger partial charge in [0.2, 0.25) is 0 Å². The summed E-state index contributed by atoms with van der Waals surface area (Å²) in [5.74, 6) is 0. The van der Waals surface area contributed by atoms with Crippen LogP contribution in [0.25, 0.3) is 0 Å². The molecule has 1 saturated carbocycles. The maximum absolute atomic E-state index is 2.81. The normalized spacial score (nSPS) is 19.0. The van der Waals surface area contributed by atoms with Crippen LogP contribution in [-0.4, -0.2) is 24.0 Å². The van der Waals surface area contributed by atoms with E-state index < -0.39 is 0 Å². The van der Waals surface area contributed by atoms with Crippen molar-refractivity contribution in [3.8, 4) is 0 Å². The number of hydrogen-bond acceptors (Lipinski definition) is 1. The van der Waals surface area contributed by atoms with Gasteiger partial charge >= 0.3 is 0 Å². The summed E-state index contributed by atoms with van der Waals surface area (Å²) in [6.45, 7) is 7.29. The standard InChI is InChI=1S/C20H41N/c1-3-5-6-7-13-16-19-21(4-2)20-17-14-11-9-8-10-12-15-18-20/h20H,3-19H2,1-2H3. The number of unbranched alkanes of at least 4 members (excludes halogenated alkanes) is 5. The first kappa shape index (κ1) is 19.0. The Kier molecular flexibility index (Phi) is 12.3. The summed E-state index contributed by atoms with van der Waals surface area (Å²) in [5.41, 5.74) is 0. The van der Waals surface area contributed by atoms with Gasteiger partial charge in [-0.25, -0.2) is 0 Å². The van der Waals surface area contributed by atoms with Crippen LogP contribution < -0.4 is 0 Å². The molecule has 0 saturated heterocycles. The van der Waals surface area contributed by atoms with Crippen LogP contribution in [0.15, 0.2) is 0 Å². The highest BCUT2D eigenvalue weighted by atomic mass is 15.1. The van der Waals surface area contributed by atoms with Crippen molar-refractivity contribution in [2.45, 2.75) is 116 Å². The Morgan fingerprint density at radius 2 is 1.19 bits per heavy atom. The molecule has 0 atom stereocenters. The Bertz CT molecular complexity index is 204. The summed E-state index contributed by atoms with van der Waals surface area (Å²) in [7, 11) is 0. The molecule has 0 aromatic rings. The zero-order valence-electron chi connectivity index (χ0n) is 15.0. The smallest absolute Gasteiger partial charge is 0.00951 e. The summed E-state index contributed by atoms with van der Waals surface area (Å²) in [4.78, 5) is 2.81. The molecule has 1 aliphatic carbocycles. The maximum Gasteiger partial charge on any atom is 0.00951 e. The molecule has 0 aliphatic heterocycles. The summed E-state index contributed by atoms with van der Waals surface area (Å²) in [5, 5.41) is 0. The second kappa shape index (κ2) is 13.6. The van der Waals surface area contributed by atoms with Gasteiger partial charge in [0.1, 0.15) is 0 Å². The lowest BCUT2D eigenvalue weighted by atomic mass is 9.96. The Morgan fingerprint density at radius 1 is 0.667 bits per heavy atom. The number of hydrogen-bond donors (Lipinski definition) is 0. The fraction of sp³-hybridized carbons (Fsp3) is 1.00. The first-order valence-electron chi connectivity index (χ1n) is 10.1. The molecular weight excluding hydrogens is 254 g/mol. The fourth-order valence-corrected chi connectivity index (χ4v) is 3.85. The predicted molar refractivity (Wildman–Crippen MR) is 96.0 cm³/mol. The third kappa shape index (κ3) is 9.55. The van der Waals surface area contributed by atoms with Gasteiger partial charge in [-0.2, -0.15) is 0 Å². The van der Waals surface area contributed by atoms with Gasteiger partial charge in [0.15, 0.2) is 0 Å². The molecule has 0 bridgehead atoms. The molecule has 0 unspecified atom stereocenters. The molecule has 0 spiro atoms. The zero-order valence-corrected chi connectivity index (χ0v) is 15.0. The molecule has 0 radical (unpaired) electrons. The molecule has 0 N–H and O–H groups in total. The van der Waals surface area contributed by atoms with Crippen molar-refractivity contribution >= 4 is 0 Å². The van der Waals surface area contributed by atoms with Crippen LogP contribution in [-0.2, 0) is 0 Å². The van der Waals surface area contributed by atoms with Crippen molar-refractivity contribution in [3.63, 3.8) is 0 Å². The van der Waals surface area contributed by atoms with Gasteiger partial charge in [0.05, 0.1) is 0 Å². The highest BCUT2D eigenvalue weighted by molar-refractivity contribution is 4.72. The van der Waals surface area contributed by atoms with E-state index in [0.717, 1.165) is 6.04 Å². The van der Waals surface area contributed by atoms with E-state index in [1.165, 1.54) is 109 Å². The van der Waals surface area contributed by atoms with Crippen LogP contribution in [0.5, 0.6) is 0 Å². The van der Waals surface area contributed by atoms with Gasteiger partial charge < -0.3 is 4.90 Å². The maximum atomic E-state index is 2.81. The molecule has 1 rings (SSSR count). The third-order valence-electron chi connectivity index (χ3n) is 5.30. The van der Waals surface area contributed by atoms with E-state index in [2.05, 4.69) is 18.7 Å². The van der Waals surface area contributed by atoms with E-state index in [1.54, 1.807) is 0 Å². The van der Waals surface area contributed by atoms with E-state index in [0.29, 0.717) is 0 Å². The quantitative estimate of drug-likeness (QED) is 0.435. The largest absolute Gasteiger partial charge is 0.301 e. The Balaban J connectivity index is 2.23. The van der Waals surface area contributed by atoms with Crippen LogP contribution in [0.4, 0.5) is 0 Å². The zero-order chi connectivity index (χ0) is 15.2. The molecule has 0 amide bonds. The monoisotopic (exact) mass is 295 g/mol. The first-order valence-corrected chi connectivity index (χ1v) is 10.1. The Morgan fingerprint density at radius 3 is 1.76 bits per heavy atom. The molecule has 126 valence electrons. The lowest BCUT2D eigenvalue weighted by Crippen LogP contribution is -2.36. The molecule has 1 aliphatic rings. The molecule has 0 aromatic heterocycles. The minimum Gasteiger partial charge on any atom is -0.301 e. The molecule has 0 aromatic carbocycles. The van der Waals surface area contributed by atoms with Crippen LogP contribution >= 0.6 is 0 Å². The topological polar surface area (TPSA) is 3.24 Å². The van der Waals surface area contributed by atoms with E-state index in [1.807, 2.05) is 0 Å². The summed E-state index contributed by atoms with van der Waals surface area (Å²) < 4.78 is 0. The van der Waals surface area contributed by atoms with Crippen molar-refractivity contribution in [1.82, 2.24) is 4.90 Å². The predicted octanol–water partition coefficient (Wildman–Crippen LogP) is 6.56. The number of nitrogens with zero attached hydrogens (tertiary/aromatic N) is 1. The van der Waals surface area contributed by atoms with Gasteiger partial charge in [0.25, 0.3) is 0 Å². The number of rotatable bonds is 9. The van der Waals surface area contributed by atoms with E-state index >= 15 is 0 Å². The van der Waals surface area contributed by atoms with Gasteiger partial charge in [-0.1, -0.05) is 90.9 Å². The van der Waals surface area contributed by atoms with Crippen molar-refractivity contribution in [2.24, 2.45) is 0 Å². The average Bonchev–Trinajstić information content (AvgIpc) is 2.52. The summed E-state index contributed by atoms with van der Waals surface area (Å²) >= 11 is 0. The fourth-order valence-electron chi connectivity index (χ4n) is 3.85. The first-order chi connectivity index (χ1) is 10.4. The van der Waals surface area contributed by atoms with E-state index in [-0.39, 0.29) is 0 Å². The summed E-state index contributed by atoms with van der Waals surface area (Å²) in [6, 6.07) is 0.892. The van der Waals surface area contributed by atoms with Crippen LogP contribution in [0.3, 0.4) is 0 Å². The van der Waals surface area contributed by atoms with Gasteiger partial charge in [-0.15, -0.1) is 0 Å². The molecule has 1 fully saturated rings. The second-order valence-corrected chi connectivity index (χ2v) is 7.10. The Labute approximate surface area is 134 Å². The van der Waals surface area contributed by atoms with E-state index in [9.17, 15) is 0 Å². The van der Waals surface area contributed by atoms with Crippen LogP contribution in [0, 0.1) is 0 Å². The van der Waals surface area contributed by atoms with Crippen molar-refractivity contribution in [3.05, 3.63) is 0 Å². The molecular formula is C20H41N.